The zero-order valence-electron chi connectivity index (χ0n) is 17.1. The largest absolute Gasteiger partial charge is 0.399 e. The smallest absolute Gasteiger partial charge is 0.323 e. The van der Waals surface area contributed by atoms with Gasteiger partial charge in [0.2, 0.25) is 0 Å². The number of benzene rings is 1. The maximum absolute atomic E-state index is 13.7. The van der Waals surface area contributed by atoms with E-state index in [-0.39, 0.29) is 11.3 Å². The quantitative estimate of drug-likeness (QED) is 0.282. The average Bonchev–Trinajstić information content (AvgIpc) is 3.41. The van der Waals surface area contributed by atoms with Gasteiger partial charge in [-0.3, -0.25) is 0 Å². The fourth-order valence-corrected chi connectivity index (χ4v) is 4.87. The Labute approximate surface area is 182 Å². The minimum absolute atomic E-state index is 0.207. The molecule has 0 N–H and O–H groups in total. The standard InChI is InChI=1S/C16H19F3N6O5S2/c1-23(2)32(28,29)25-9-20-16(21-25)31(26,27)24(11-4-5-11)8-14(22-30-3)10-6-12(17)15(19)13(18)7-10/h6-7,9,11H,4-5,8H2,1-3H3/b22-14+. The second-order valence-corrected chi connectivity index (χ2v) is 10.7. The van der Waals surface area contributed by atoms with Crippen LogP contribution in [0.2, 0.25) is 0 Å². The lowest BCUT2D eigenvalue weighted by atomic mass is 10.1. The topological polar surface area (TPSA) is 127 Å². The normalized spacial score (nSPS) is 15.6. The highest BCUT2D eigenvalue weighted by atomic mass is 32.2. The number of rotatable bonds is 9. The molecule has 0 saturated heterocycles. The Bertz CT molecular complexity index is 1240. The molecule has 0 aliphatic heterocycles. The number of oxime groups is 1. The van der Waals surface area contributed by atoms with Crippen LogP contribution in [0.15, 0.2) is 28.8 Å². The molecule has 11 nitrogen and oxygen atoms in total. The van der Waals surface area contributed by atoms with E-state index in [0.717, 1.165) is 22.0 Å². The van der Waals surface area contributed by atoms with Crippen LogP contribution in [0.3, 0.4) is 0 Å². The van der Waals surface area contributed by atoms with Crippen LogP contribution in [-0.4, -0.2) is 79.1 Å². The molecule has 0 atom stereocenters. The van der Waals surface area contributed by atoms with Gasteiger partial charge in [-0.25, -0.2) is 26.6 Å². The molecule has 0 bridgehead atoms. The van der Waals surface area contributed by atoms with Crippen LogP contribution in [0.4, 0.5) is 13.2 Å². The van der Waals surface area contributed by atoms with Gasteiger partial charge in [0.25, 0.3) is 15.2 Å². The third kappa shape index (κ3) is 4.62. The van der Waals surface area contributed by atoms with Gasteiger partial charge in [0.1, 0.15) is 19.1 Å². The minimum Gasteiger partial charge on any atom is -0.399 e. The first kappa shape index (κ1) is 24.1. The molecule has 0 spiro atoms. The van der Waals surface area contributed by atoms with Crippen molar-refractivity contribution in [1.29, 1.82) is 0 Å². The van der Waals surface area contributed by atoms with Crippen molar-refractivity contribution in [1.82, 2.24) is 22.8 Å². The monoisotopic (exact) mass is 496 g/mol. The second kappa shape index (κ2) is 8.76. The lowest BCUT2D eigenvalue weighted by molar-refractivity contribution is 0.212. The van der Waals surface area contributed by atoms with Crippen molar-refractivity contribution in [3.63, 3.8) is 0 Å². The van der Waals surface area contributed by atoms with Gasteiger partial charge in [-0.1, -0.05) is 5.16 Å². The Hall–Kier alpha value is -2.56. The van der Waals surface area contributed by atoms with Gasteiger partial charge in [0.05, 0.1) is 6.54 Å². The summed E-state index contributed by atoms with van der Waals surface area (Å²) in [5.74, 6) is -4.66. The summed E-state index contributed by atoms with van der Waals surface area (Å²) < 4.78 is 93.5. The third-order valence-electron chi connectivity index (χ3n) is 4.47. The number of nitrogens with zero attached hydrogens (tertiary/aromatic N) is 6. The van der Waals surface area contributed by atoms with E-state index in [1.165, 1.54) is 14.1 Å². The minimum atomic E-state index is -4.44. The summed E-state index contributed by atoms with van der Waals surface area (Å²) in [6.45, 7) is -0.514. The van der Waals surface area contributed by atoms with Gasteiger partial charge in [-0.05, 0) is 25.0 Å². The summed E-state index contributed by atoms with van der Waals surface area (Å²) in [6.07, 6.45) is 1.69. The van der Waals surface area contributed by atoms with E-state index in [1.807, 2.05) is 0 Å². The zero-order chi connectivity index (χ0) is 23.8. The Kier molecular flexibility index (Phi) is 6.60. The number of hydrogen-bond donors (Lipinski definition) is 0. The van der Waals surface area contributed by atoms with Gasteiger partial charge in [-0.15, -0.1) is 9.19 Å². The Balaban J connectivity index is 1.99. The molecule has 0 amide bonds. The first-order chi connectivity index (χ1) is 14.9. The summed E-state index contributed by atoms with van der Waals surface area (Å²) in [5.41, 5.74) is -0.445. The summed E-state index contributed by atoms with van der Waals surface area (Å²) in [5, 5.41) is 6.43. The SMILES string of the molecule is CO/N=C(\CN(C1CC1)S(=O)(=O)c1ncn(S(=O)(=O)N(C)C)n1)c1cc(F)c(F)c(F)c1. The van der Waals surface area contributed by atoms with Crippen LogP contribution in [0.25, 0.3) is 0 Å². The van der Waals surface area contributed by atoms with E-state index in [9.17, 15) is 30.0 Å². The number of hydrogen-bond acceptors (Lipinski definition) is 8. The molecular formula is C16H19F3N6O5S2. The highest BCUT2D eigenvalue weighted by molar-refractivity contribution is 7.89. The van der Waals surface area contributed by atoms with E-state index in [0.29, 0.717) is 29.1 Å². The molecule has 1 fully saturated rings. The maximum Gasteiger partial charge on any atom is 0.323 e. The van der Waals surface area contributed by atoms with Gasteiger partial charge in [0, 0.05) is 25.7 Å². The summed E-state index contributed by atoms with van der Waals surface area (Å²) in [4.78, 5) is 8.28. The van der Waals surface area contributed by atoms with E-state index in [4.69, 9.17) is 0 Å². The number of halogens is 3. The van der Waals surface area contributed by atoms with Crippen molar-refractivity contribution in [2.24, 2.45) is 5.16 Å². The fourth-order valence-electron chi connectivity index (χ4n) is 2.66. The highest BCUT2D eigenvalue weighted by Gasteiger charge is 2.41. The van der Waals surface area contributed by atoms with Crippen molar-refractivity contribution in [3.8, 4) is 0 Å². The highest BCUT2D eigenvalue weighted by Crippen LogP contribution is 2.31. The number of sulfonamides is 1. The van der Waals surface area contributed by atoms with E-state index < -0.39 is 55.4 Å². The molecule has 1 aliphatic carbocycles. The molecule has 16 heteroatoms. The Morgan fingerprint density at radius 1 is 1.19 bits per heavy atom. The van der Waals surface area contributed by atoms with Gasteiger partial charge < -0.3 is 4.84 Å². The second-order valence-electron chi connectivity index (χ2n) is 6.95. The Morgan fingerprint density at radius 2 is 1.78 bits per heavy atom. The summed E-state index contributed by atoms with van der Waals surface area (Å²) in [6, 6.07) is 0.810. The van der Waals surface area contributed by atoms with Crippen molar-refractivity contribution < 1.29 is 34.8 Å². The molecule has 0 unspecified atom stereocenters. The van der Waals surface area contributed by atoms with Crippen LogP contribution in [-0.2, 0) is 25.1 Å². The molecule has 2 aromatic rings. The summed E-state index contributed by atoms with van der Waals surface area (Å²) >= 11 is 0. The lowest BCUT2D eigenvalue weighted by Gasteiger charge is -2.21. The predicted molar refractivity (Wildman–Crippen MR) is 105 cm³/mol. The van der Waals surface area contributed by atoms with Crippen LogP contribution in [0, 0.1) is 17.5 Å². The molecule has 1 aromatic heterocycles. The fraction of sp³-hybridized carbons (Fsp3) is 0.438. The summed E-state index contributed by atoms with van der Waals surface area (Å²) in [7, 11) is -4.94. The predicted octanol–water partition coefficient (Wildman–Crippen LogP) is 0.554. The van der Waals surface area contributed by atoms with Crippen LogP contribution in [0.1, 0.15) is 18.4 Å². The molecule has 1 aliphatic rings. The van der Waals surface area contributed by atoms with Gasteiger partial charge >= 0.3 is 10.2 Å². The molecule has 176 valence electrons. The maximum atomic E-state index is 13.7. The van der Waals surface area contributed by atoms with Crippen molar-refractivity contribution >= 4 is 25.9 Å². The van der Waals surface area contributed by atoms with Crippen LogP contribution in [0.5, 0.6) is 0 Å². The van der Waals surface area contributed by atoms with Crippen LogP contribution < -0.4 is 0 Å². The first-order valence-corrected chi connectivity index (χ1v) is 11.8. The molecular weight excluding hydrogens is 477 g/mol. The average molecular weight is 496 g/mol. The van der Waals surface area contributed by atoms with Gasteiger partial charge in [-0.2, -0.15) is 17.0 Å². The van der Waals surface area contributed by atoms with E-state index in [1.54, 1.807) is 0 Å². The van der Waals surface area contributed by atoms with Gasteiger partial charge in [0.15, 0.2) is 17.5 Å². The van der Waals surface area contributed by atoms with Crippen molar-refractivity contribution in [2.45, 2.75) is 24.0 Å². The van der Waals surface area contributed by atoms with E-state index in [2.05, 4.69) is 20.1 Å². The molecule has 1 heterocycles. The van der Waals surface area contributed by atoms with Crippen molar-refractivity contribution in [3.05, 3.63) is 41.5 Å². The Morgan fingerprint density at radius 3 is 2.28 bits per heavy atom. The van der Waals surface area contributed by atoms with Crippen LogP contribution >= 0.6 is 0 Å². The lowest BCUT2D eigenvalue weighted by Crippen LogP contribution is -2.38. The molecule has 32 heavy (non-hydrogen) atoms. The zero-order valence-corrected chi connectivity index (χ0v) is 18.7. The third-order valence-corrected chi connectivity index (χ3v) is 7.73. The number of aromatic nitrogens is 3. The molecule has 3 rings (SSSR count). The molecule has 1 saturated carbocycles. The molecule has 0 radical (unpaired) electrons. The first-order valence-electron chi connectivity index (χ1n) is 9.01. The van der Waals surface area contributed by atoms with Crippen molar-refractivity contribution in [2.75, 3.05) is 27.7 Å². The molecule has 1 aromatic carbocycles. The van der Waals surface area contributed by atoms with E-state index >= 15 is 0 Å².